The van der Waals surface area contributed by atoms with Gasteiger partial charge in [-0.05, 0) is 64.6 Å². The summed E-state index contributed by atoms with van der Waals surface area (Å²) in [5.74, 6) is 0.206. The first-order valence-electron chi connectivity index (χ1n) is 6.40. The quantitative estimate of drug-likeness (QED) is 0.650. The van der Waals surface area contributed by atoms with Crippen LogP contribution in [0.5, 0.6) is 11.5 Å². The average Bonchev–Trinajstić information content (AvgIpc) is 2.26. The van der Waals surface area contributed by atoms with E-state index in [-0.39, 0.29) is 17.5 Å². The third kappa shape index (κ3) is 5.38. The second kappa shape index (κ2) is 7.24. The summed E-state index contributed by atoms with van der Waals surface area (Å²) in [6.07, 6.45) is 2.28. The summed E-state index contributed by atoms with van der Waals surface area (Å²) in [7, 11) is 4.15. The molecule has 18 heavy (non-hydrogen) atoms. The number of benzene rings is 1. The van der Waals surface area contributed by atoms with Crippen LogP contribution in [0.1, 0.15) is 31.4 Å². The van der Waals surface area contributed by atoms with E-state index in [0.29, 0.717) is 0 Å². The molecule has 102 valence electrons. The highest BCUT2D eigenvalue weighted by Gasteiger charge is 2.07. The number of hydrogen-bond donors (Lipinski definition) is 3. The van der Waals surface area contributed by atoms with Gasteiger partial charge < -0.3 is 20.4 Å². The minimum Gasteiger partial charge on any atom is -0.508 e. The Hall–Kier alpha value is -1.26. The predicted octanol–water partition coefficient (Wildman–Crippen LogP) is 2.09. The van der Waals surface area contributed by atoms with E-state index in [1.165, 1.54) is 6.07 Å². The standard InChI is InChI=1S/C14H24N2O2/c1-11(15-6-4-5-7-16(2)3)12-8-13(17)10-14(18)9-12/h8-11,15,17-18H,4-7H2,1-3H3. The number of aromatic hydroxyl groups is 2. The van der Waals surface area contributed by atoms with Crippen molar-refractivity contribution in [2.45, 2.75) is 25.8 Å². The van der Waals surface area contributed by atoms with Crippen molar-refractivity contribution >= 4 is 0 Å². The van der Waals surface area contributed by atoms with Gasteiger partial charge in [-0.1, -0.05) is 0 Å². The van der Waals surface area contributed by atoms with Crippen molar-refractivity contribution in [1.29, 1.82) is 0 Å². The molecule has 4 nitrogen and oxygen atoms in total. The van der Waals surface area contributed by atoms with E-state index < -0.39 is 0 Å². The topological polar surface area (TPSA) is 55.7 Å². The highest BCUT2D eigenvalue weighted by Crippen LogP contribution is 2.24. The van der Waals surface area contributed by atoms with Crippen LogP contribution in [0.3, 0.4) is 0 Å². The van der Waals surface area contributed by atoms with Crippen LogP contribution in [0.4, 0.5) is 0 Å². The van der Waals surface area contributed by atoms with Gasteiger partial charge in [0.25, 0.3) is 0 Å². The molecule has 0 fully saturated rings. The average molecular weight is 252 g/mol. The van der Waals surface area contributed by atoms with Crippen LogP contribution >= 0.6 is 0 Å². The molecule has 1 atom stereocenters. The maximum absolute atomic E-state index is 9.42. The second-order valence-corrected chi connectivity index (χ2v) is 4.97. The molecule has 0 aliphatic heterocycles. The van der Waals surface area contributed by atoms with Gasteiger partial charge in [0.2, 0.25) is 0 Å². The van der Waals surface area contributed by atoms with Crippen LogP contribution in [-0.2, 0) is 0 Å². The van der Waals surface area contributed by atoms with E-state index in [1.54, 1.807) is 12.1 Å². The van der Waals surface area contributed by atoms with E-state index in [9.17, 15) is 10.2 Å². The smallest absolute Gasteiger partial charge is 0.119 e. The Bertz CT molecular complexity index is 347. The lowest BCUT2D eigenvalue weighted by atomic mass is 10.1. The van der Waals surface area contributed by atoms with Gasteiger partial charge in [0.05, 0.1) is 0 Å². The lowest BCUT2D eigenvalue weighted by Crippen LogP contribution is -2.21. The fourth-order valence-corrected chi connectivity index (χ4v) is 1.86. The molecule has 0 saturated carbocycles. The molecule has 0 heterocycles. The molecule has 0 amide bonds. The minimum absolute atomic E-state index is 0.103. The highest BCUT2D eigenvalue weighted by molar-refractivity contribution is 5.37. The zero-order valence-corrected chi connectivity index (χ0v) is 11.5. The summed E-state index contributed by atoms with van der Waals surface area (Å²) < 4.78 is 0. The number of phenols is 2. The zero-order chi connectivity index (χ0) is 13.5. The largest absolute Gasteiger partial charge is 0.508 e. The molecular weight excluding hydrogens is 228 g/mol. The molecule has 1 rings (SSSR count). The fourth-order valence-electron chi connectivity index (χ4n) is 1.86. The molecular formula is C14H24N2O2. The van der Waals surface area contributed by atoms with Gasteiger partial charge in [0, 0.05) is 12.1 Å². The molecule has 1 aromatic carbocycles. The molecule has 0 aliphatic carbocycles. The zero-order valence-electron chi connectivity index (χ0n) is 11.5. The summed E-state index contributed by atoms with van der Waals surface area (Å²) >= 11 is 0. The molecule has 0 aromatic heterocycles. The van der Waals surface area contributed by atoms with Gasteiger partial charge in [0.15, 0.2) is 0 Å². The molecule has 0 saturated heterocycles. The number of rotatable bonds is 7. The third-order valence-electron chi connectivity index (χ3n) is 2.91. The molecule has 0 spiro atoms. The predicted molar refractivity (Wildman–Crippen MR) is 74.0 cm³/mol. The maximum atomic E-state index is 9.42. The van der Waals surface area contributed by atoms with E-state index in [2.05, 4.69) is 24.3 Å². The van der Waals surface area contributed by atoms with Gasteiger partial charge >= 0.3 is 0 Å². The molecule has 1 unspecified atom stereocenters. The van der Waals surface area contributed by atoms with Crippen LogP contribution < -0.4 is 5.32 Å². The van der Waals surface area contributed by atoms with Crippen LogP contribution in [-0.4, -0.2) is 42.3 Å². The lowest BCUT2D eigenvalue weighted by molar-refractivity contribution is 0.389. The Balaban J connectivity index is 2.34. The van der Waals surface area contributed by atoms with Crippen molar-refractivity contribution in [3.8, 4) is 11.5 Å². The molecule has 0 radical (unpaired) electrons. The van der Waals surface area contributed by atoms with Gasteiger partial charge in [-0.15, -0.1) is 0 Å². The van der Waals surface area contributed by atoms with Crippen molar-refractivity contribution in [3.63, 3.8) is 0 Å². The molecule has 1 aromatic rings. The number of nitrogens with zero attached hydrogens (tertiary/aromatic N) is 1. The monoisotopic (exact) mass is 252 g/mol. The number of unbranched alkanes of at least 4 members (excludes halogenated alkanes) is 1. The molecule has 0 bridgehead atoms. The van der Waals surface area contributed by atoms with Crippen LogP contribution in [0.15, 0.2) is 18.2 Å². The van der Waals surface area contributed by atoms with E-state index in [0.717, 1.165) is 31.5 Å². The summed E-state index contributed by atoms with van der Waals surface area (Å²) in [4.78, 5) is 2.18. The Labute approximate surface area is 109 Å². The van der Waals surface area contributed by atoms with Gasteiger partial charge in [-0.2, -0.15) is 0 Å². The van der Waals surface area contributed by atoms with Crippen molar-refractivity contribution in [2.24, 2.45) is 0 Å². The second-order valence-electron chi connectivity index (χ2n) is 4.97. The Morgan fingerprint density at radius 2 is 1.72 bits per heavy atom. The van der Waals surface area contributed by atoms with Gasteiger partial charge in [-0.3, -0.25) is 0 Å². The normalized spacial score (nSPS) is 12.9. The minimum atomic E-state index is 0.103. The lowest BCUT2D eigenvalue weighted by Gasteiger charge is -2.15. The molecule has 4 heteroatoms. The van der Waals surface area contributed by atoms with Crippen LogP contribution in [0, 0.1) is 0 Å². The first-order valence-corrected chi connectivity index (χ1v) is 6.40. The SMILES string of the molecule is CC(NCCCCN(C)C)c1cc(O)cc(O)c1. The molecule has 0 aliphatic rings. The number of hydrogen-bond acceptors (Lipinski definition) is 4. The van der Waals surface area contributed by atoms with Gasteiger partial charge in [-0.25, -0.2) is 0 Å². The number of phenolic OH excluding ortho intramolecular Hbond substituents is 2. The van der Waals surface area contributed by atoms with Crippen LogP contribution in [0.25, 0.3) is 0 Å². The molecule has 3 N–H and O–H groups in total. The van der Waals surface area contributed by atoms with Crippen molar-refractivity contribution < 1.29 is 10.2 Å². The Morgan fingerprint density at radius 3 is 2.28 bits per heavy atom. The first kappa shape index (κ1) is 14.8. The summed E-state index contributed by atoms with van der Waals surface area (Å²) in [5.41, 5.74) is 0.903. The van der Waals surface area contributed by atoms with Crippen molar-refractivity contribution in [2.75, 3.05) is 27.2 Å². The Kier molecular flexibility index (Phi) is 5.95. The fraction of sp³-hybridized carbons (Fsp3) is 0.571. The Morgan fingerprint density at radius 1 is 1.11 bits per heavy atom. The van der Waals surface area contributed by atoms with Crippen molar-refractivity contribution in [1.82, 2.24) is 10.2 Å². The van der Waals surface area contributed by atoms with Gasteiger partial charge in [0.1, 0.15) is 11.5 Å². The van der Waals surface area contributed by atoms with Crippen LogP contribution in [0.2, 0.25) is 0 Å². The first-order chi connectivity index (χ1) is 8.49. The van der Waals surface area contributed by atoms with E-state index in [1.807, 2.05) is 6.92 Å². The van der Waals surface area contributed by atoms with Crippen molar-refractivity contribution in [3.05, 3.63) is 23.8 Å². The number of nitrogens with one attached hydrogen (secondary N) is 1. The summed E-state index contributed by atoms with van der Waals surface area (Å²) in [6, 6.07) is 4.82. The highest BCUT2D eigenvalue weighted by atomic mass is 16.3. The van der Waals surface area contributed by atoms with E-state index in [4.69, 9.17) is 0 Å². The van der Waals surface area contributed by atoms with E-state index >= 15 is 0 Å². The third-order valence-corrected chi connectivity index (χ3v) is 2.91. The summed E-state index contributed by atoms with van der Waals surface area (Å²) in [6.45, 7) is 4.06. The maximum Gasteiger partial charge on any atom is 0.119 e. The summed E-state index contributed by atoms with van der Waals surface area (Å²) in [5, 5.41) is 22.2.